The minimum absolute atomic E-state index is 0.710. The standard InChI is InChI=1S/C15H33N3/c1-5-15(16-2)7-6-10-18(4)13-14-8-11-17(3)12-9-14/h14-16H,5-13H2,1-4H3. The molecule has 1 aliphatic heterocycles. The zero-order valence-electron chi connectivity index (χ0n) is 12.9. The molecule has 0 saturated carbocycles. The van der Waals surface area contributed by atoms with E-state index in [4.69, 9.17) is 0 Å². The molecule has 18 heavy (non-hydrogen) atoms. The summed E-state index contributed by atoms with van der Waals surface area (Å²) in [6, 6.07) is 0.710. The lowest BCUT2D eigenvalue weighted by atomic mass is 9.96. The van der Waals surface area contributed by atoms with Gasteiger partial charge in [0.1, 0.15) is 0 Å². The van der Waals surface area contributed by atoms with Gasteiger partial charge in [-0.15, -0.1) is 0 Å². The van der Waals surface area contributed by atoms with Gasteiger partial charge in [-0.1, -0.05) is 6.92 Å². The fourth-order valence-corrected chi connectivity index (χ4v) is 2.94. The van der Waals surface area contributed by atoms with E-state index in [0.717, 1.165) is 5.92 Å². The van der Waals surface area contributed by atoms with Crippen molar-refractivity contribution in [2.24, 2.45) is 5.92 Å². The Morgan fingerprint density at radius 1 is 1.33 bits per heavy atom. The van der Waals surface area contributed by atoms with E-state index >= 15 is 0 Å². The first-order valence-corrected chi connectivity index (χ1v) is 7.70. The summed E-state index contributed by atoms with van der Waals surface area (Å²) in [7, 11) is 6.61. The van der Waals surface area contributed by atoms with Gasteiger partial charge in [-0.3, -0.25) is 0 Å². The van der Waals surface area contributed by atoms with Crippen molar-refractivity contribution in [2.75, 3.05) is 47.3 Å². The zero-order valence-corrected chi connectivity index (χ0v) is 12.9. The number of piperidine rings is 1. The molecule has 1 atom stereocenters. The van der Waals surface area contributed by atoms with Crippen molar-refractivity contribution < 1.29 is 0 Å². The fraction of sp³-hybridized carbons (Fsp3) is 1.00. The summed E-state index contributed by atoms with van der Waals surface area (Å²) in [5.41, 5.74) is 0. The molecule has 0 aromatic rings. The van der Waals surface area contributed by atoms with E-state index in [1.807, 2.05) is 0 Å². The Hall–Kier alpha value is -0.120. The van der Waals surface area contributed by atoms with Crippen LogP contribution in [0.4, 0.5) is 0 Å². The Balaban J connectivity index is 2.08. The van der Waals surface area contributed by atoms with Gasteiger partial charge in [-0.2, -0.15) is 0 Å². The monoisotopic (exact) mass is 255 g/mol. The van der Waals surface area contributed by atoms with Crippen LogP contribution in [-0.2, 0) is 0 Å². The first kappa shape index (κ1) is 15.9. The van der Waals surface area contributed by atoms with Gasteiger partial charge in [-0.25, -0.2) is 0 Å². The molecule has 1 saturated heterocycles. The largest absolute Gasteiger partial charge is 0.317 e. The Bertz CT molecular complexity index is 196. The second-order valence-corrected chi connectivity index (χ2v) is 6.04. The van der Waals surface area contributed by atoms with Crippen molar-refractivity contribution >= 4 is 0 Å². The van der Waals surface area contributed by atoms with E-state index in [9.17, 15) is 0 Å². The van der Waals surface area contributed by atoms with E-state index in [-0.39, 0.29) is 0 Å². The first-order chi connectivity index (χ1) is 8.65. The molecule has 0 aliphatic carbocycles. The minimum atomic E-state index is 0.710. The Kier molecular flexibility index (Phi) is 7.87. The molecule has 0 aromatic heterocycles. The molecule has 1 heterocycles. The van der Waals surface area contributed by atoms with Crippen LogP contribution in [0.1, 0.15) is 39.0 Å². The normalized spacial score (nSPS) is 20.5. The molecule has 108 valence electrons. The maximum absolute atomic E-state index is 3.39. The van der Waals surface area contributed by atoms with Crippen LogP contribution in [0.25, 0.3) is 0 Å². The van der Waals surface area contributed by atoms with Crippen molar-refractivity contribution in [3.8, 4) is 0 Å². The molecule has 1 rings (SSSR count). The number of rotatable bonds is 8. The SMILES string of the molecule is CCC(CCCN(C)CC1CCN(C)CC1)NC. The molecule has 1 fully saturated rings. The maximum atomic E-state index is 3.39. The van der Waals surface area contributed by atoms with E-state index in [1.165, 1.54) is 58.3 Å². The van der Waals surface area contributed by atoms with Gasteiger partial charge < -0.3 is 15.1 Å². The maximum Gasteiger partial charge on any atom is 0.00619 e. The summed E-state index contributed by atoms with van der Waals surface area (Å²) >= 11 is 0. The van der Waals surface area contributed by atoms with Crippen molar-refractivity contribution in [3.63, 3.8) is 0 Å². The van der Waals surface area contributed by atoms with Crippen LogP contribution in [0.15, 0.2) is 0 Å². The third kappa shape index (κ3) is 6.17. The third-order valence-corrected chi connectivity index (χ3v) is 4.40. The second kappa shape index (κ2) is 8.89. The lowest BCUT2D eigenvalue weighted by Crippen LogP contribution is -2.36. The molecule has 0 radical (unpaired) electrons. The highest BCUT2D eigenvalue weighted by Crippen LogP contribution is 2.17. The Morgan fingerprint density at radius 3 is 2.56 bits per heavy atom. The van der Waals surface area contributed by atoms with Gasteiger partial charge in [0.2, 0.25) is 0 Å². The molecule has 0 bridgehead atoms. The summed E-state index contributed by atoms with van der Waals surface area (Å²) in [6.07, 6.45) is 6.65. The quantitative estimate of drug-likeness (QED) is 0.716. The number of nitrogens with zero attached hydrogens (tertiary/aromatic N) is 2. The summed E-state index contributed by atoms with van der Waals surface area (Å²) in [5, 5.41) is 3.39. The molecular formula is C15H33N3. The van der Waals surface area contributed by atoms with Crippen molar-refractivity contribution in [1.29, 1.82) is 0 Å². The van der Waals surface area contributed by atoms with E-state index < -0.39 is 0 Å². The molecule has 1 N–H and O–H groups in total. The summed E-state index contributed by atoms with van der Waals surface area (Å²) in [5.74, 6) is 0.928. The predicted molar refractivity (Wildman–Crippen MR) is 80.1 cm³/mol. The van der Waals surface area contributed by atoms with Crippen LogP contribution in [0.3, 0.4) is 0 Å². The van der Waals surface area contributed by atoms with E-state index in [2.05, 4.69) is 43.2 Å². The summed E-state index contributed by atoms with van der Waals surface area (Å²) < 4.78 is 0. The highest BCUT2D eigenvalue weighted by Gasteiger charge is 2.17. The van der Waals surface area contributed by atoms with Crippen molar-refractivity contribution in [2.45, 2.75) is 45.1 Å². The highest BCUT2D eigenvalue weighted by molar-refractivity contribution is 4.73. The first-order valence-electron chi connectivity index (χ1n) is 7.70. The lowest BCUT2D eigenvalue weighted by Gasteiger charge is -2.31. The number of hydrogen-bond acceptors (Lipinski definition) is 3. The molecule has 0 amide bonds. The van der Waals surface area contributed by atoms with Crippen molar-refractivity contribution in [3.05, 3.63) is 0 Å². The van der Waals surface area contributed by atoms with Gasteiger partial charge >= 0.3 is 0 Å². The van der Waals surface area contributed by atoms with Crippen LogP contribution >= 0.6 is 0 Å². The topological polar surface area (TPSA) is 18.5 Å². The summed E-state index contributed by atoms with van der Waals surface area (Å²) in [4.78, 5) is 4.99. The van der Waals surface area contributed by atoms with Crippen LogP contribution in [0.5, 0.6) is 0 Å². The molecule has 3 nitrogen and oxygen atoms in total. The number of hydrogen-bond donors (Lipinski definition) is 1. The van der Waals surface area contributed by atoms with Crippen molar-refractivity contribution in [1.82, 2.24) is 15.1 Å². The van der Waals surface area contributed by atoms with Crippen LogP contribution in [0, 0.1) is 5.92 Å². The van der Waals surface area contributed by atoms with E-state index in [0.29, 0.717) is 6.04 Å². The average molecular weight is 255 g/mol. The fourth-order valence-electron chi connectivity index (χ4n) is 2.94. The molecule has 0 aromatic carbocycles. The minimum Gasteiger partial charge on any atom is -0.317 e. The van der Waals surface area contributed by atoms with Gasteiger partial charge in [0.15, 0.2) is 0 Å². The van der Waals surface area contributed by atoms with Crippen LogP contribution < -0.4 is 5.32 Å². The smallest absolute Gasteiger partial charge is 0.00619 e. The predicted octanol–water partition coefficient (Wildman–Crippen LogP) is 2.04. The molecule has 1 unspecified atom stereocenters. The molecule has 3 heteroatoms. The van der Waals surface area contributed by atoms with Crippen LogP contribution in [0.2, 0.25) is 0 Å². The van der Waals surface area contributed by atoms with Gasteiger partial charge in [-0.05, 0) is 78.8 Å². The third-order valence-electron chi connectivity index (χ3n) is 4.40. The van der Waals surface area contributed by atoms with Gasteiger partial charge in [0.05, 0.1) is 0 Å². The molecule has 1 aliphatic rings. The Labute approximate surface area is 114 Å². The summed E-state index contributed by atoms with van der Waals surface area (Å²) in [6.45, 7) is 7.39. The Morgan fingerprint density at radius 2 is 2.00 bits per heavy atom. The lowest BCUT2D eigenvalue weighted by molar-refractivity contribution is 0.174. The molecule has 0 spiro atoms. The van der Waals surface area contributed by atoms with Gasteiger partial charge in [0.25, 0.3) is 0 Å². The second-order valence-electron chi connectivity index (χ2n) is 6.04. The molecular weight excluding hydrogens is 222 g/mol. The van der Waals surface area contributed by atoms with Gasteiger partial charge in [0, 0.05) is 12.6 Å². The van der Waals surface area contributed by atoms with Crippen LogP contribution in [-0.4, -0.2) is 63.2 Å². The highest BCUT2D eigenvalue weighted by atomic mass is 15.1. The zero-order chi connectivity index (χ0) is 13.4. The average Bonchev–Trinajstić information content (AvgIpc) is 2.37. The number of likely N-dealkylation sites (tertiary alicyclic amines) is 1. The number of nitrogens with one attached hydrogen (secondary N) is 1. The van der Waals surface area contributed by atoms with E-state index in [1.54, 1.807) is 0 Å².